The lowest BCUT2D eigenvalue weighted by molar-refractivity contribution is -0.125. The molecule has 1 heterocycles. The van der Waals surface area contributed by atoms with E-state index in [2.05, 4.69) is 0 Å². The second-order valence-electron chi connectivity index (χ2n) is 3.15. The number of carbonyl (C=O) groups excluding carboxylic acids is 1. The molecule has 0 aliphatic carbocycles. The van der Waals surface area contributed by atoms with Crippen LogP contribution in [0.5, 0.6) is 0 Å². The number of rotatable bonds is 3. The lowest BCUT2D eigenvalue weighted by atomic mass is 9.98. The van der Waals surface area contributed by atoms with Crippen molar-refractivity contribution in [2.45, 2.75) is 25.9 Å². The molecule has 0 aromatic heterocycles. The SMILES string of the molecule is CCOCC1(C)CC(=O)C=CO1. The van der Waals surface area contributed by atoms with E-state index in [1.54, 1.807) is 0 Å². The first-order chi connectivity index (χ1) is 5.66. The Morgan fingerprint density at radius 1 is 1.75 bits per heavy atom. The molecule has 0 saturated carbocycles. The molecule has 1 rings (SSSR count). The standard InChI is InChI=1S/C9H14O3/c1-3-11-7-9(2)6-8(10)4-5-12-9/h4-5H,3,6-7H2,1-2H3. The van der Waals surface area contributed by atoms with Crippen LogP contribution in [-0.4, -0.2) is 24.6 Å². The minimum atomic E-state index is -0.457. The van der Waals surface area contributed by atoms with Gasteiger partial charge in [-0.1, -0.05) is 0 Å². The van der Waals surface area contributed by atoms with Gasteiger partial charge in [0.25, 0.3) is 0 Å². The monoisotopic (exact) mass is 170 g/mol. The highest BCUT2D eigenvalue weighted by Gasteiger charge is 2.30. The van der Waals surface area contributed by atoms with Gasteiger partial charge in [0.2, 0.25) is 0 Å². The van der Waals surface area contributed by atoms with Gasteiger partial charge in [0, 0.05) is 12.7 Å². The molecule has 0 fully saturated rings. The molecule has 0 radical (unpaired) electrons. The predicted molar refractivity (Wildman–Crippen MR) is 44.7 cm³/mol. The number of ether oxygens (including phenoxy) is 2. The van der Waals surface area contributed by atoms with Crippen molar-refractivity contribution in [1.82, 2.24) is 0 Å². The third-order valence-electron chi connectivity index (χ3n) is 1.77. The van der Waals surface area contributed by atoms with Gasteiger partial charge in [0.1, 0.15) is 5.60 Å². The van der Waals surface area contributed by atoms with E-state index in [1.165, 1.54) is 12.3 Å². The third-order valence-corrected chi connectivity index (χ3v) is 1.77. The van der Waals surface area contributed by atoms with Crippen LogP contribution in [0, 0.1) is 0 Å². The quantitative estimate of drug-likeness (QED) is 0.640. The molecule has 3 nitrogen and oxygen atoms in total. The van der Waals surface area contributed by atoms with Crippen molar-refractivity contribution in [2.24, 2.45) is 0 Å². The van der Waals surface area contributed by atoms with Crippen molar-refractivity contribution in [1.29, 1.82) is 0 Å². The highest BCUT2D eigenvalue weighted by Crippen LogP contribution is 2.20. The summed E-state index contributed by atoms with van der Waals surface area (Å²) < 4.78 is 10.5. The van der Waals surface area contributed by atoms with Crippen LogP contribution in [0.1, 0.15) is 20.3 Å². The van der Waals surface area contributed by atoms with Crippen molar-refractivity contribution in [3.8, 4) is 0 Å². The minimum absolute atomic E-state index is 0.100. The molecule has 3 heteroatoms. The Morgan fingerprint density at radius 2 is 2.50 bits per heavy atom. The summed E-state index contributed by atoms with van der Waals surface area (Å²) in [5.74, 6) is 0.100. The van der Waals surface area contributed by atoms with Crippen LogP contribution in [-0.2, 0) is 14.3 Å². The summed E-state index contributed by atoms with van der Waals surface area (Å²) >= 11 is 0. The maximum absolute atomic E-state index is 11.0. The van der Waals surface area contributed by atoms with E-state index in [1.807, 2.05) is 13.8 Å². The Bertz CT molecular complexity index is 198. The van der Waals surface area contributed by atoms with Crippen molar-refractivity contribution < 1.29 is 14.3 Å². The van der Waals surface area contributed by atoms with Gasteiger partial charge in [0.15, 0.2) is 5.78 Å². The summed E-state index contributed by atoms with van der Waals surface area (Å²) in [6.07, 6.45) is 3.31. The molecule has 0 bridgehead atoms. The summed E-state index contributed by atoms with van der Waals surface area (Å²) in [5.41, 5.74) is -0.457. The summed E-state index contributed by atoms with van der Waals surface area (Å²) in [5, 5.41) is 0. The maximum Gasteiger partial charge on any atom is 0.162 e. The molecule has 0 aromatic rings. The van der Waals surface area contributed by atoms with Gasteiger partial charge in [-0.3, -0.25) is 4.79 Å². The van der Waals surface area contributed by atoms with E-state index in [4.69, 9.17) is 9.47 Å². The highest BCUT2D eigenvalue weighted by molar-refractivity contribution is 5.90. The molecule has 0 amide bonds. The van der Waals surface area contributed by atoms with Crippen LogP contribution in [0.15, 0.2) is 12.3 Å². The first-order valence-corrected chi connectivity index (χ1v) is 4.11. The lowest BCUT2D eigenvalue weighted by Gasteiger charge is -2.29. The summed E-state index contributed by atoms with van der Waals surface area (Å²) in [7, 11) is 0. The Balaban J connectivity index is 2.48. The normalized spacial score (nSPS) is 28.7. The van der Waals surface area contributed by atoms with Crippen molar-refractivity contribution in [3.63, 3.8) is 0 Å². The molecule has 1 unspecified atom stereocenters. The van der Waals surface area contributed by atoms with E-state index < -0.39 is 5.60 Å². The predicted octanol–water partition coefficient (Wildman–Crippen LogP) is 1.28. The maximum atomic E-state index is 11.0. The van der Waals surface area contributed by atoms with Crippen molar-refractivity contribution in [3.05, 3.63) is 12.3 Å². The Morgan fingerprint density at radius 3 is 3.08 bits per heavy atom. The Hall–Kier alpha value is -0.830. The molecule has 0 spiro atoms. The van der Waals surface area contributed by atoms with Crippen molar-refractivity contribution in [2.75, 3.05) is 13.2 Å². The molecule has 1 aliphatic rings. The van der Waals surface area contributed by atoms with Gasteiger partial charge in [0.05, 0.1) is 19.3 Å². The molecule has 1 atom stereocenters. The lowest BCUT2D eigenvalue weighted by Crippen LogP contribution is -2.37. The number of allylic oxidation sites excluding steroid dienone is 1. The molecule has 12 heavy (non-hydrogen) atoms. The topological polar surface area (TPSA) is 35.5 Å². The zero-order valence-corrected chi connectivity index (χ0v) is 7.50. The van der Waals surface area contributed by atoms with Gasteiger partial charge < -0.3 is 9.47 Å². The van der Waals surface area contributed by atoms with Crippen LogP contribution in [0.25, 0.3) is 0 Å². The minimum Gasteiger partial charge on any atom is -0.492 e. The smallest absolute Gasteiger partial charge is 0.162 e. The first-order valence-electron chi connectivity index (χ1n) is 4.11. The number of carbonyl (C=O) groups is 1. The summed E-state index contributed by atoms with van der Waals surface area (Å²) in [6.45, 7) is 4.92. The van der Waals surface area contributed by atoms with E-state index in [0.717, 1.165) is 0 Å². The molecule has 68 valence electrons. The fraction of sp³-hybridized carbons (Fsp3) is 0.667. The van der Waals surface area contributed by atoms with E-state index in [0.29, 0.717) is 19.6 Å². The number of hydrogen-bond acceptors (Lipinski definition) is 3. The fourth-order valence-corrected chi connectivity index (χ4v) is 1.15. The molecular weight excluding hydrogens is 156 g/mol. The van der Waals surface area contributed by atoms with Crippen LogP contribution in [0.4, 0.5) is 0 Å². The second-order valence-corrected chi connectivity index (χ2v) is 3.15. The van der Waals surface area contributed by atoms with Gasteiger partial charge in [-0.15, -0.1) is 0 Å². The van der Waals surface area contributed by atoms with Crippen LogP contribution in [0.3, 0.4) is 0 Å². The second kappa shape index (κ2) is 3.72. The molecule has 0 aromatic carbocycles. The molecule has 1 aliphatic heterocycles. The zero-order valence-electron chi connectivity index (χ0n) is 7.50. The number of ketones is 1. The van der Waals surface area contributed by atoms with E-state index in [9.17, 15) is 4.79 Å². The molecular formula is C9H14O3. The third kappa shape index (κ3) is 2.34. The summed E-state index contributed by atoms with van der Waals surface area (Å²) in [4.78, 5) is 11.0. The Kier molecular flexibility index (Phi) is 2.87. The Labute approximate surface area is 72.4 Å². The summed E-state index contributed by atoms with van der Waals surface area (Å²) in [6, 6.07) is 0. The van der Waals surface area contributed by atoms with Gasteiger partial charge in [-0.25, -0.2) is 0 Å². The average Bonchev–Trinajstić information content (AvgIpc) is 2.01. The van der Waals surface area contributed by atoms with Crippen LogP contribution in [0.2, 0.25) is 0 Å². The van der Waals surface area contributed by atoms with E-state index >= 15 is 0 Å². The molecule has 0 N–H and O–H groups in total. The fourth-order valence-electron chi connectivity index (χ4n) is 1.15. The van der Waals surface area contributed by atoms with Crippen LogP contribution >= 0.6 is 0 Å². The van der Waals surface area contributed by atoms with Gasteiger partial charge in [-0.05, 0) is 13.8 Å². The van der Waals surface area contributed by atoms with Crippen molar-refractivity contribution >= 4 is 5.78 Å². The zero-order chi connectivity index (χ0) is 9.03. The number of hydrogen-bond donors (Lipinski definition) is 0. The largest absolute Gasteiger partial charge is 0.492 e. The molecule has 0 saturated heterocycles. The van der Waals surface area contributed by atoms with Gasteiger partial charge >= 0.3 is 0 Å². The van der Waals surface area contributed by atoms with E-state index in [-0.39, 0.29) is 5.78 Å². The first kappa shape index (κ1) is 9.26. The average molecular weight is 170 g/mol. The van der Waals surface area contributed by atoms with Gasteiger partial charge in [-0.2, -0.15) is 0 Å². The highest BCUT2D eigenvalue weighted by atomic mass is 16.5. The van der Waals surface area contributed by atoms with Crippen LogP contribution < -0.4 is 0 Å².